The molecule has 25 heavy (non-hydrogen) atoms. The lowest BCUT2D eigenvalue weighted by molar-refractivity contribution is 0.102. The maximum atomic E-state index is 12.4. The molecule has 0 saturated carbocycles. The Kier molecular flexibility index (Phi) is 4.67. The monoisotopic (exact) mass is 329 g/mol. The molecule has 1 heterocycles. The SMILES string of the molecule is Cc1cccc(Nc2nccc(C(=O)Nc3cccc(C#N)c3)n2)c1. The fraction of sp³-hybridized carbons (Fsp3) is 0.0526. The van der Waals surface area contributed by atoms with Crippen LogP contribution in [0.4, 0.5) is 17.3 Å². The van der Waals surface area contributed by atoms with Crippen LogP contribution in [-0.4, -0.2) is 15.9 Å². The molecule has 0 spiro atoms. The number of rotatable bonds is 4. The van der Waals surface area contributed by atoms with E-state index in [1.54, 1.807) is 24.3 Å². The van der Waals surface area contributed by atoms with Crippen LogP contribution in [0.5, 0.6) is 0 Å². The van der Waals surface area contributed by atoms with Crippen molar-refractivity contribution in [1.82, 2.24) is 9.97 Å². The van der Waals surface area contributed by atoms with Gasteiger partial charge in [0.25, 0.3) is 5.91 Å². The number of amides is 1. The van der Waals surface area contributed by atoms with Gasteiger partial charge in [-0.25, -0.2) is 9.97 Å². The standard InChI is InChI=1S/C19H15N5O/c1-13-4-2-6-15(10-13)23-19-21-9-8-17(24-19)18(25)22-16-7-3-5-14(11-16)12-20/h2-11H,1H3,(H,22,25)(H,21,23,24). The van der Waals surface area contributed by atoms with E-state index in [2.05, 4.69) is 20.6 Å². The van der Waals surface area contributed by atoms with Gasteiger partial charge in [-0.2, -0.15) is 5.26 Å². The van der Waals surface area contributed by atoms with E-state index in [1.807, 2.05) is 37.3 Å². The van der Waals surface area contributed by atoms with Crippen LogP contribution in [0.15, 0.2) is 60.8 Å². The second-order valence-electron chi connectivity index (χ2n) is 5.41. The summed E-state index contributed by atoms with van der Waals surface area (Å²) >= 11 is 0. The van der Waals surface area contributed by atoms with Crippen molar-refractivity contribution in [3.05, 3.63) is 77.6 Å². The number of carbonyl (C=O) groups excluding carboxylic acids is 1. The number of anilines is 3. The molecule has 0 saturated heterocycles. The third-order valence-electron chi connectivity index (χ3n) is 3.41. The van der Waals surface area contributed by atoms with Gasteiger partial charge in [-0.05, 0) is 48.9 Å². The van der Waals surface area contributed by atoms with E-state index in [-0.39, 0.29) is 11.6 Å². The van der Waals surface area contributed by atoms with Gasteiger partial charge in [0.15, 0.2) is 0 Å². The number of carbonyl (C=O) groups is 1. The molecule has 0 atom stereocenters. The number of nitrogens with one attached hydrogen (secondary N) is 2. The summed E-state index contributed by atoms with van der Waals surface area (Å²) in [6, 6.07) is 18.0. The van der Waals surface area contributed by atoms with Gasteiger partial charge in [-0.3, -0.25) is 4.79 Å². The van der Waals surface area contributed by atoms with Crippen molar-refractivity contribution in [2.45, 2.75) is 6.92 Å². The molecule has 2 N–H and O–H groups in total. The highest BCUT2D eigenvalue weighted by molar-refractivity contribution is 6.03. The van der Waals surface area contributed by atoms with E-state index in [1.165, 1.54) is 12.3 Å². The summed E-state index contributed by atoms with van der Waals surface area (Å²) in [5.74, 6) is -0.0335. The molecule has 3 aromatic rings. The predicted octanol–water partition coefficient (Wildman–Crippen LogP) is 3.65. The summed E-state index contributed by atoms with van der Waals surface area (Å²) in [5.41, 5.74) is 3.20. The molecule has 1 aromatic heterocycles. The minimum Gasteiger partial charge on any atom is -0.324 e. The number of nitriles is 1. The third kappa shape index (κ3) is 4.18. The second-order valence-corrected chi connectivity index (χ2v) is 5.41. The largest absolute Gasteiger partial charge is 0.324 e. The molecule has 0 unspecified atom stereocenters. The quantitative estimate of drug-likeness (QED) is 0.762. The van der Waals surface area contributed by atoms with E-state index in [9.17, 15) is 4.79 Å². The van der Waals surface area contributed by atoms with Gasteiger partial charge < -0.3 is 10.6 Å². The van der Waals surface area contributed by atoms with Crippen LogP contribution in [0.25, 0.3) is 0 Å². The zero-order chi connectivity index (χ0) is 17.6. The molecule has 6 nitrogen and oxygen atoms in total. The molecular weight excluding hydrogens is 314 g/mol. The lowest BCUT2D eigenvalue weighted by atomic mass is 10.2. The van der Waals surface area contributed by atoms with Crippen LogP contribution in [0.1, 0.15) is 21.6 Å². The van der Waals surface area contributed by atoms with E-state index in [4.69, 9.17) is 5.26 Å². The van der Waals surface area contributed by atoms with Crippen molar-refractivity contribution in [3.8, 4) is 6.07 Å². The summed E-state index contributed by atoms with van der Waals surface area (Å²) in [4.78, 5) is 20.7. The predicted molar refractivity (Wildman–Crippen MR) is 95.6 cm³/mol. The molecule has 0 fully saturated rings. The van der Waals surface area contributed by atoms with Gasteiger partial charge in [0.1, 0.15) is 5.69 Å². The van der Waals surface area contributed by atoms with Gasteiger partial charge in [0.05, 0.1) is 11.6 Å². The topological polar surface area (TPSA) is 90.7 Å². The molecule has 0 radical (unpaired) electrons. The van der Waals surface area contributed by atoms with Crippen LogP contribution >= 0.6 is 0 Å². The van der Waals surface area contributed by atoms with E-state index >= 15 is 0 Å². The first kappa shape index (κ1) is 16.1. The highest BCUT2D eigenvalue weighted by Gasteiger charge is 2.10. The van der Waals surface area contributed by atoms with Crippen LogP contribution < -0.4 is 10.6 Å². The first-order chi connectivity index (χ1) is 12.1. The first-order valence-electron chi connectivity index (χ1n) is 7.62. The average molecular weight is 329 g/mol. The van der Waals surface area contributed by atoms with Gasteiger partial charge in [-0.15, -0.1) is 0 Å². The number of hydrogen-bond acceptors (Lipinski definition) is 5. The van der Waals surface area contributed by atoms with Crippen molar-refractivity contribution in [3.63, 3.8) is 0 Å². The summed E-state index contributed by atoms with van der Waals surface area (Å²) in [5, 5.41) is 14.7. The minimum absolute atomic E-state index is 0.229. The maximum absolute atomic E-state index is 12.4. The Morgan fingerprint density at radius 3 is 2.68 bits per heavy atom. The maximum Gasteiger partial charge on any atom is 0.274 e. The molecule has 6 heteroatoms. The number of nitrogens with zero attached hydrogens (tertiary/aromatic N) is 3. The smallest absolute Gasteiger partial charge is 0.274 e. The summed E-state index contributed by atoms with van der Waals surface area (Å²) in [6.07, 6.45) is 1.52. The zero-order valence-electron chi connectivity index (χ0n) is 13.5. The molecule has 1 amide bonds. The molecule has 122 valence electrons. The van der Waals surface area contributed by atoms with Crippen LogP contribution in [-0.2, 0) is 0 Å². The summed E-state index contributed by atoms with van der Waals surface area (Å²) in [7, 11) is 0. The van der Waals surface area contributed by atoms with Gasteiger partial charge in [0.2, 0.25) is 5.95 Å². The molecular formula is C19H15N5O. The molecule has 0 aliphatic rings. The first-order valence-corrected chi connectivity index (χ1v) is 7.62. The zero-order valence-corrected chi connectivity index (χ0v) is 13.5. The number of aromatic nitrogens is 2. The lowest BCUT2D eigenvalue weighted by Crippen LogP contribution is -2.14. The highest BCUT2D eigenvalue weighted by Crippen LogP contribution is 2.15. The van der Waals surface area contributed by atoms with Crippen molar-refractivity contribution in [2.75, 3.05) is 10.6 Å². The van der Waals surface area contributed by atoms with E-state index in [0.717, 1.165) is 11.3 Å². The Bertz CT molecular complexity index is 962. The van der Waals surface area contributed by atoms with E-state index < -0.39 is 0 Å². The Labute approximate surface area is 145 Å². The van der Waals surface area contributed by atoms with Crippen molar-refractivity contribution < 1.29 is 4.79 Å². The Balaban J connectivity index is 1.76. The number of aryl methyl sites for hydroxylation is 1. The van der Waals surface area contributed by atoms with Gasteiger partial charge in [-0.1, -0.05) is 18.2 Å². The highest BCUT2D eigenvalue weighted by atomic mass is 16.1. The van der Waals surface area contributed by atoms with Crippen molar-refractivity contribution >= 4 is 23.2 Å². The van der Waals surface area contributed by atoms with Crippen molar-refractivity contribution in [1.29, 1.82) is 5.26 Å². The lowest BCUT2D eigenvalue weighted by Gasteiger charge is -2.08. The van der Waals surface area contributed by atoms with Crippen molar-refractivity contribution in [2.24, 2.45) is 0 Å². The summed E-state index contributed by atoms with van der Waals surface area (Å²) < 4.78 is 0. The molecule has 0 aliphatic carbocycles. The average Bonchev–Trinajstić information content (AvgIpc) is 2.62. The second kappa shape index (κ2) is 7.23. The normalized spacial score (nSPS) is 9.92. The fourth-order valence-electron chi connectivity index (χ4n) is 2.26. The van der Waals surface area contributed by atoms with Gasteiger partial charge in [0, 0.05) is 17.6 Å². The Morgan fingerprint density at radius 2 is 1.88 bits per heavy atom. The molecule has 3 rings (SSSR count). The summed E-state index contributed by atoms with van der Waals surface area (Å²) in [6.45, 7) is 1.99. The van der Waals surface area contributed by atoms with Crippen LogP contribution in [0, 0.1) is 18.3 Å². The van der Waals surface area contributed by atoms with Crippen LogP contribution in [0.3, 0.4) is 0 Å². The van der Waals surface area contributed by atoms with Gasteiger partial charge >= 0.3 is 0 Å². The van der Waals surface area contributed by atoms with Crippen LogP contribution in [0.2, 0.25) is 0 Å². The minimum atomic E-state index is -0.371. The molecule has 0 bridgehead atoms. The molecule has 0 aliphatic heterocycles. The molecule has 2 aromatic carbocycles. The number of hydrogen-bond donors (Lipinski definition) is 2. The number of benzene rings is 2. The fourth-order valence-corrected chi connectivity index (χ4v) is 2.26. The third-order valence-corrected chi connectivity index (χ3v) is 3.41. The Morgan fingerprint density at radius 1 is 1.08 bits per heavy atom. The van der Waals surface area contributed by atoms with E-state index in [0.29, 0.717) is 17.2 Å². The Hall–Kier alpha value is -3.72.